The third-order valence-corrected chi connectivity index (χ3v) is 4.17. The van der Waals surface area contributed by atoms with E-state index < -0.39 is 5.60 Å². The highest BCUT2D eigenvalue weighted by molar-refractivity contribution is 5.47. The SMILES string of the molecule is CCCc1nc(NC)cc(NCC2(O)CCCC(C)C2)n1. The number of nitrogens with one attached hydrogen (secondary N) is 2. The van der Waals surface area contributed by atoms with Gasteiger partial charge in [-0.25, -0.2) is 9.97 Å². The first-order chi connectivity index (χ1) is 10.0. The minimum Gasteiger partial charge on any atom is -0.388 e. The standard InChI is InChI=1S/C16H28N4O/c1-4-6-13-19-14(17-3)9-15(20-13)18-11-16(21)8-5-7-12(2)10-16/h9,12,21H,4-8,10-11H2,1-3H3,(H2,17,18,19,20). The average Bonchev–Trinajstić information content (AvgIpc) is 2.45. The second kappa shape index (κ2) is 7.07. The number of nitrogens with zero attached hydrogens (tertiary/aromatic N) is 2. The Labute approximate surface area is 127 Å². The number of aliphatic hydroxyl groups is 1. The molecule has 1 aliphatic carbocycles. The summed E-state index contributed by atoms with van der Waals surface area (Å²) in [6.07, 6.45) is 5.95. The predicted molar refractivity (Wildman–Crippen MR) is 86.6 cm³/mol. The Morgan fingerprint density at radius 3 is 2.81 bits per heavy atom. The van der Waals surface area contributed by atoms with Crippen LogP contribution in [0.15, 0.2) is 6.07 Å². The molecular formula is C16H28N4O. The summed E-state index contributed by atoms with van der Waals surface area (Å²) in [5, 5.41) is 17.1. The van der Waals surface area contributed by atoms with Gasteiger partial charge in [-0.1, -0.05) is 26.7 Å². The summed E-state index contributed by atoms with van der Waals surface area (Å²) in [5.41, 5.74) is -0.604. The van der Waals surface area contributed by atoms with E-state index >= 15 is 0 Å². The van der Waals surface area contributed by atoms with Crippen molar-refractivity contribution >= 4 is 11.6 Å². The normalized spacial score (nSPS) is 25.6. The van der Waals surface area contributed by atoms with E-state index in [2.05, 4.69) is 34.4 Å². The van der Waals surface area contributed by atoms with Gasteiger partial charge in [0.1, 0.15) is 17.5 Å². The van der Waals surface area contributed by atoms with Crippen molar-refractivity contribution in [3.05, 3.63) is 11.9 Å². The molecule has 2 atom stereocenters. The van der Waals surface area contributed by atoms with Crippen molar-refractivity contribution in [3.63, 3.8) is 0 Å². The average molecular weight is 292 g/mol. The first-order valence-corrected chi connectivity index (χ1v) is 8.06. The minimum absolute atomic E-state index is 0.559. The van der Waals surface area contributed by atoms with Gasteiger partial charge < -0.3 is 15.7 Å². The largest absolute Gasteiger partial charge is 0.388 e. The van der Waals surface area contributed by atoms with Crippen molar-refractivity contribution in [2.24, 2.45) is 5.92 Å². The Bertz CT molecular complexity index is 466. The van der Waals surface area contributed by atoms with E-state index in [4.69, 9.17) is 0 Å². The molecule has 1 aromatic rings. The van der Waals surface area contributed by atoms with E-state index in [1.54, 1.807) is 0 Å². The minimum atomic E-state index is -0.604. The highest BCUT2D eigenvalue weighted by Gasteiger charge is 2.32. The van der Waals surface area contributed by atoms with Gasteiger partial charge in [-0.05, 0) is 25.2 Å². The Morgan fingerprint density at radius 1 is 1.38 bits per heavy atom. The van der Waals surface area contributed by atoms with Crippen LogP contribution in [-0.4, -0.2) is 34.3 Å². The molecule has 1 fully saturated rings. The molecular weight excluding hydrogens is 264 g/mol. The predicted octanol–water partition coefficient (Wildman–Crippen LogP) is 2.82. The molecule has 118 valence electrons. The lowest BCUT2D eigenvalue weighted by molar-refractivity contribution is -0.000832. The van der Waals surface area contributed by atoms with E-state index in [1.807, 2.05) is 13.1 Å². The highest BCUT2D eigenvalue weighted by Crippen LogP contribution is 2.32. The van der Waals surface area contributed by atoms with Crippen molar-refractivity contribution in [1.82, 2.24) is 9.97 Å². The van der Waals surface area contributed by atoms with Gasteiger partial charge in [0, 0.05) is 26.1 Å². The maximum absolute atomic E-state index is 10.7. The van der Waals surface area contributed by atoms with Crippen LogP contribution in [0.5, 0.6) is 0 Å². The summed E-state index contributed by atoms with van der Waals surface area (Å²) in [6.45, 7) is 4.89. The highest BCUT2D eigenvalue weighted by atomic mass is 16.3. The third-order valence-electron chi connectivity index (χ3n) is 4.17. The fourth-order valence-corrected chi connectivity index (χ4v) is 3.10. The van der Waals surface area contributed by atoms with Crippen LogP contribution in [-0.2, 0) is 6.42 Å². The van der Waals surface area contributed by atoms with Gasteiger partial charge in [0.05, 0.1) is 5.60 Å². The molecule has 2 rings (SSSR count). The zero-order valence-corrected chi connectivity index (χ0v) is 13.4. The molecule has 5 nitrogen and oxygen atoms in total. The maximum Gasteiger partial charge on any atom is 0.133 e. The Hall–Kier alpha value is -1.36. The topological polar surface area (TPSA) is 70.1 Å². The molecule has 0 spiro atoms. The fraction of sp³-hybridized carbons (Fsp3) is 0.750. The molecule has 1 saturated carbocycles. The summed E-state index contributed by atoms with van der Waals surface area (Å²) in [4.78, 5) is 8.97. The van der Waals surface area contributed by atoms with Gasteiger partial charge in [0.25, 0.3) is 0 Å². The van der Waals surface area contributed by atoms with Gasteiger partial charge in [0.2, 0.25) is 0 Å². The van der Waals surface area contributed by atoms with Gasteiger partial charge in [-0.15, -0.1) is 0 Å². The molecule has 21 heavy (non-hydrogen) atoms. The fourth-order valence-electron chi connectivity index (χ4n) is 3.10. The quantitative estimate of drug-likeness (QED) is 0.752. The molecule has 0 bridgehead atoms. The maximum atomic E-state index is 10.7. The van der Waals surface area contributed by atoms with Crippen molar-refractivity contribution in [2.45, 2.75) is 58.0 Å². The molecule has 5 heteroatoms. The molecule has 1 aliphatic rings. The lowest BCUT2D eigenvalue weighted by Gasteiger charge is -2.35. The van der Waals surface area contributed by atoms with Crippen LogP contribution >= 0.6 is 0 Å². The number of hydrogen-bond acceptors (Lipinski definition) is 5. The molecule has 0 aromatic carbocycles. The van der Waals surface area contributed by atoms with Crippen LogP contribution in [0.1, 0.15) is 51.8 Å². The zero-order valence-electron chi connectivity index (χ0n) is 13.4. The number of aryl methyl sites for hydroxylation is 1. The lowest BCUT2D eigenvalue weighted by atomic mass is 9.79. The number of hydrogen-bond donors (Lipinski definition) is 3. The van der Waals surface area contributed by atoms with Crippen LogP contribution < -0.4 is 10.6 Å². The van der Waals surface area contributed by atoms with Crippen molar-refractivity contribution in [3.8, 4) is 0 Å². The Balaban J connectivity index is 2.03. The summed E-state index contributed by atoms with van der Waals surface area (Å²) < 4.78 is 0. The summed E-state index contributed by atoms with van der Waals surface area (Å²) in [5.74, 6) is 3.06. The van der Waals surface area contributed by atoms with Gasteiger partial charge in [0.15, 0.2) is 0 Å². The molecule has 1 heterocycles. The monoisotopic (exact) mass is 292 g/mol. The van der Waals surface area contributed by atoms with Crippen molar-refractivity contribution < 1.29 is 5.11 Å². The summed E-state index contributed by atoms with van der Waals surface area (Å²) in [7, 11) is 1.86. The zero-order chi connectivity index (χ0) is 15.3. The Morgan fingerprint density at radius 2 is 2.14 bits per heavy atom. The number of aromatic nitrogens is 2. The first-order valence-electron chi connectivity index (χ1n) is 8.06. The van der Waals surface area contributed by atoms with Crippen molar-refractivity contribution in [1.29, 1.82) is 0 Å². The van der Waals surface area contributed by atoms with Gasteiger partial charge in [-0.2, -0.15) is 0 Å². The van der Waals surface area contributed by atoms with E-state index in [-0.39, 0.29) is 0 Å². The summed E-state index contributed by atoms with van der Waals surface area (Å²) in [6, 6.07) is 1.90. The smallest absolute Gasteiger partial charge is 0.133 e. The summed E-state index contributed by atoms with van der Waals surface area (Å²) >= 11 is 0. The van der Waals surface area contributed by atoms with Crippen LogP contribution in [0.3, 0.4) is 0 Å². The van der Waals surface area contributed by atoms with Gasteiger partial charge in [-0.3, -0.25) is 0 Å². The van der Waals surface area contributed by atoms with E-state index in [0.717, 1.165) is 49.6 Å². The molecule has 2 unspecified atom stereocenters. The molecule has 0 radical (unpaired) electrons. The van der Waals surface area contributed by atoms with Crippen LogP contribution in [0.4, 0.5) is 11.6 Å². The Kier molecular flexibility index (Phi) is 5.39. The molecule has 0 aliphatic heterocycles. The molecule has 0 amide bonds. The second-order valence-electron chi connectivity index (χ2n) is 6.33. The molecule has 3 N–H and O–H groups in total. The van der Waals surface area contributed by atoms with Crippen molar-refractivity contribution in [2.75, 3.05) is 24.2 Å². The van der Waals surface area contributed by atoms with Crippen LogP contribution in [0, 0.1) is 5.92 Å². The number of anilines is 2. The molecule has 0 saturated heterocycles. The number of rotatable bonds is 6. The van der Waals surface area contributed by atoms with Gasteiger partial charge >= 0.3 is 0 Å². The molecule has 1 aromatic heterocycles. The second-order valence-corrected chi connectivity index (χ2v) is 6.33. The first kappa shape index (κ1) is 16.0. The van der Waals surface area contributed by atoms with E-state index in [9.17, 15) is 5.11 Å². The van der Waals surface area contributed by atoms with Crippen LogP contribution in [0.2, 0.25) is 0 Å². The van der Waals surface area contributed by atoms with E-state index in [1.165, 1.54) is 6.42 Å². The van der Waals surface area contributed by atoms with Crippen LogP contribution in [0.25, 0.3) is 0 Å². The third kappa shape index (κ3) is 4.56. The lowest BCUT2D eigenvalue weighted by Crippen LogP contribution is -2.41. The van der Waals surface area contributed by atoms with E-state index in [0.29, 0.717) is 12.5 Å².